The van der Waals surface area contributed by atoms with Gasteiger partial charge in [0.1, 0.15) is 17.7 Å². The van der Waals surface area contributed by atoms with Crippen LogP contribution in [0.5, 0.6) is 0 Å². The molecule has 192 valence electrons. The summed E-state index contributed by atoms with van der Waals surface area (Å²) in [6.07, 6.45) is 3.57. The third-order valence-electron chi connectivity index (χ3n) is 10.3. The van der Waals surface area contributed by atoms with Gasteiger partial charge >= 0.3 is 13.2 Å². The van der Waals surface area contributed by atoms with E-state index in [2.05, 4.69) is 25.7 Å². The standard InChI is InChI=1S/C28H36BNO6/c1-6-26(4)14-22(36-25(33)30-19-8-7-18-15-35-29(34)20(18)13-19)27(5)16(2)9-11-28(17(3)24(26)32)12-10-21(31)23(27)28/h6-8,13,16-17,22-23,34H,1,9-12,14-15H2,2-5H3,(H,30,33)/t16-,17-,22+,23-,26+,27-,28-/m0/s1. The van der Waals surface area contributed by atoms with E-state index in [1.54, 1.807) is 18.2 Å². The van der Waals surface area contributed by atoms with Crippen LogP contribution in [0.25, 0.3) is 0 Å². The predicted molar refractivity (Wildman–Crippen MR) is 136 cm³/mol. The molecule has 3 saturated carbocycles. The average Bonchev–Trinajstić information content (AvgIpc) is 3.40. The van der Waals surface area contributed by atoms with Crippen LogP contribution in [0.15, 0.2) is 30.9 Å². The van der Waals surface area contributed by atoms with Gasteiger partial charge in [-0.3, -0.25) is 14.9 Å². The van der Waals surface area contributed by atoms with Crippen molar-refractivity contribution in [3.8, 4) is 0 Å². The lowest BCUT2D eigenvalue weighted by atomic mass is 9.44. The Hall–Kier alpha value is -2.45. The number of hydrogen-bond acceptors (Lipinski definition) is 6. The molecule has 3 aliphatic carbocycles. The van der Waals surface area contributed by atoms with Gasteiger partial charge in [-0.2, -0.15) is 0 Å². The SMILES string of the molecule is C=C[C@]1(C)C[C@@H](OC(=O)Nc2ccc3c(c2)B(O)OC3)[C@@]2(C)[C@@H]3C(=O)CC[C@@]3(CC[C@@H]2C)[C@@H](C)C1=O. The van der Waals surface area contributed by atoms with Gasteiger partial charge in [-0.25, -0.2) is 4.79 Å². The Labute approximate surface area is 213 Å². The van der Waals surface area contributed by atoms with Crippen LogP contribution in [0.3, 0.4) is 0 Å². The molecule has 1 aromatic carbocycles. The number of amides is 1. The van der Waals surface area contributed by atoms with E-state index in [9.17, 15) is 19.4 Å². The van der Waals surface area contributed by atoms with Crippen LogP contribution >= 0.6 is 0 Å². The van der Waals surface area contributed by atoms with Crippen LogP contribution in [0, 0.1) is 34.0 Å². The number of rotatable bonds is 3. The summed E-state index contributed by atoms with van der Waals surface area (Å²) in [5.41, 5.74) is 0.0840. The zero-order valence-corrected chi connectivity index (χ0v) is 21.6. The molecule has 8 heteroatoms. The van der Waals surface area contributed by atoms with Crippen molar-refractivity contribution in [1.82, 2.24) is 0 Å². The summed E-state index contributed by atoms with van der Waals surface area (Å²) in [6.45, 7) is 12.4. The first-order valence-electron chi connectivity index (χ1n) is 13.1. The van der Waals surface area contributed by atoms with Crippen molar-refractivity contribution in [3.05, 3.63) is 36.4 Å². The van der Waals surface area contributed by atoms with Gasteiger partial charge in [-0.1, -0.05) is 32.9 Å². The summed E-state index contributed by atoms with van der Waals surface area (Å²) in [6, 6.07) is 5.24. The fraction of sp³-hybridized carbons (Fsp3) is 0.607. The van der Waals surface area contributed by atoms with E-state index >= 15 is 0 Å². The molecule has 0 radical (unpaired) electrons. The molecular weight excluding hydrogens is 457 g/mol. The summed E-state index contributed by atoms with van der Waals surface area (Å²) in [4.78, 5) is 40.6. The Kier molecular flexibility index (Phi) is 5.99. The molecule has 4 aliphatic rings. The van der Waals surface area contributed by atoms with E-state index in [1.807, 2.05) is 19.9 Å². The largest absolute Gasteiger partial charge is 0.491 e. The van der Waals surface area contributed by atoms with Gasteiger partial charge in [-0.05, 0) is 60.7 Å². The topological polar surface area (TPSA) is 102 Å². The summed E-state index contributed by atoms with van der Waals surface area (Å²) >= 11 is 0. The summed E-state index contributed by atoms with van der Waals surface area (Å²) in [5.74, 6) is -0.189. The predicted octanol–water partition coefficient (Wildman–Crippen LogP) is 4.02. The van der Waals surface area contributed by atoms with Crippen molar-refractivity contribution in [2.45, 2.75) is 72.5 Å². The van der Waals surface area contributed by atoms with Gasteiger partial charge in [0.05, 0.1) is 6.61 Å². The highest BCUT2D eigenvalue weighted by Crippen LogP contribution is 2.67. The average molecular weight is 493 g/mol. The molecule has 0 aromatic heterocycles. The summed E-state index contributed by atoms with van der Waals surface area (Å²) < 4.78 is 11.4. The number of ether oxygens (including phenoxy) is 1. The maximum absolute atomic E-state index is 13.9. The number of ketones is 2. The van der Waals surface area contributed by atoms with Crippen LogP contribution in [-0.2, 0) is 25.6 Å². The highest BCUT2D eigenvalue weighted by molar-refractivity contribution is 6.61. The Morgan fingerprint density at radius 3 is 2.75 bits per heavy atom. The van der Waals surface area contributed by atoms with Crippen LogP contribution in [0.4, 0.5) is 10.5 Å². The highest BCUT2D eigenvalue weighted by atomic mass is 16.6. The van der Waals surface area contributed by atoms with Gasteiger partial charge in [0.2, 0.25) is 0 Å². The fourth-order valence-corrected chi connectivity index (χ4v) is 7.85. The van der Waals surface area contributed by atoms with Crippen molar-refractivity contribution in [3.63, 3.8) is 0 Å². The van der Waals surface area contributed by atoms with E-state index in [0.717, 1.165) is 18.4 Å². The number of carbonyl (C=O) groups excluding carboxylic acids is 3. The zero-order valence-electron chi connectivity index (χ0n) is 21.6. The number of benzene rings is 1. The third kappa shape index (κ3) is 3.51. The molecule has 7 atom stereocenters. The smallest absolute Gasteiger partial charge is 0.445 e. The van der Waals surface area contributed by atoms with E-state index in [0.29, 0.717) is 30.6 Å². The fourth-order valence-electron chi connectivity index (χ4n) is 7.85. The van der Waals surface area contributed by atoms with E-state index in [-0.39, 0.29) is 35.7 Å². The van der Waals surface area contributed by atoms with Crippen molar-refractivity contribution in [2.24, 2.45) is 34.0 Å². The Balaban J connectivity index is 1.51. The van der Waals surface area contributed by atoms with Gasteiger partial charge in [0.15, 0.2) is 0 Å². The molecule has 5 rings (SSSR count). The normalized spacial score (nSPS) is 39.6. The molecule has 36 heavy (non-hydrogen) atoms. The molecule has 2 bridgehead atoms. The Morgan fingerprint density at radius 1 is 1.28 bits per heavy atom. The molecule has 7 nitrogen and oxygen atoms in total. The number of carbonyl (C=O) groups is 3. The number of fused-ring (bicyclic) bond motifs is 1. The molecule has 1 amide bonds. The van der Waals surface area contributed by atoms with Crippen LogP contribution in [-0.4, -0.2) is 35.9 Å². The first-order valence-corrected chi connectivity index (χ1v) is 13.1. The van der Waals surface area contributed by atoms with Crippen LogP contribution in [0.2, 0.25) is 0 Å². The van der Waals surface area contributed by atoms with Gasteiger partial charge in [0, 0.05) is 41.2 Å². The molecule has 0 saturated heterocycles. The number of hydrogen-bond donors (Lipinski definition) is 2. The monoisotopic (exact) mass is 493 g/mol. The highest BCUT2D eigenvalue weighted by Gasteiger charge is 2.68. The molecule has 3 fully saturated rings. The lowest BCUT2D eigenvalue weighted by Crippen LogP contribution is -2.62. The van der Waals surface area contributed by atoms with Gasteiger partial charge < -0.3 is 14.4 Å². The molecule has 1 heterocycles. The minimum Gasteiger partial charge on any atom is -0.445 e. The van der Waals surface area contributed by atoms with Crippen molar-refractivity contribution in [1.29, 1.82) is 0 Å². The number of Topliss-reactive ketones (excluding diaryl/α,β-unsaturated/α-hetero) is 2. The molecular formula is C28H36BNO6. The van der Waals surface area contributed by atoms with Crippen LogP contribution in [0.1, 0.15) is 65.4 Å². The first kappa shape index (κ1) is 25.2. The first-order chi connectivity index (χ1) is 17.0. The lowest BCUT2D eigenvalue weighted by molar-refractivity contribution is -0.175. The number of nitrogens with one attached hydrogen (secondary N) is 1. The molecule has 2 N–H and O–H groups in total. The molecule has 0 unspecified atom stereocenters. The second-order valence-corrected chi connectivity index (χ2v) is 11.9. The summed E-state index contributed by atoms with van der Waals surface area (Å²) in [5, 5.41) is 12.8. The molecule has 0 spiro atoms. The second kappa shape index (κ2) is 8.56. The van der Waals surface area contributed by atoms with Crippen LogP contribution < -0.4 is 10.8 Å². The minimum absolute atomic E-state index is 0.0791. The maximum Gasteiger partial charge on any atom is 0.491 e. The summed E-state index contributed by atoms with van der Waals surface area (Å²) in [7, 11) is -1.02. The van der Waals surface area contributed by atoms with Crippen molar-refractivity contribution in [2.75, 3.05) is 5.32 Å². The van der Waals surface area contributed by atoms with Gasteiger partial charge in [-0.15, -0.1) is 6.58 Å². The zero-order chi connectivity index (χ0) is 26.0. The molecule has 1 aromatic rings. The van der Waals surface area contributed by atoms with Gasteiger partial charge in [0.25, 0.3) is 0 Å². The minimum atomic E-state index is -1.02. The van der Waals surface area contributed by atoms with Crippen molar-refractivity contribution >= 4 is 35.9 Å². The van der Waals surface area contributed by atoms with Crippen molar-refractivity contribution < 1.29 is 28.8 Å². The second-order valence-electron chi connectivity index (χ2n) is 11.9. The van der Waals surface area contributed by atoms with E-state index in [1.165, 1.54) is 0 Å². The quantitative estimate of drug-likeness (QED) is 0.487. The number of anilines is 1. The molecule has 1 aliphatic heterocycles. The number of allylic oxidation sites excluding steroid dienone is 1. The Morgan fingerprint density at radius 2 is 2.03 bits per heavy atom. The lowest BCUT2D eigenvalue weighted by Gasteiger charge is -2.60. The maximum atomic E-state index is 13.9. The third-order valence-corrected chi connectivity index (χ3v) is 10.3. The van der Waals surface area contributed by atoms with E-state index < -0.39 is 35.6 Å². The van der Waals surface area contributed by atoms with E-state index in [4.69, 9.17) is 9.39 Å². The Bertz CT molecular complexity index is 1140.